The highest BCUT2D eigenvalue weighted by atomic mass is 16.5. The lowest BCUT2D eigenvalue weighted by Gasteiger charge is -2.10. The standard InChI is InChI=1S/C14H18O3/c1-5-11-7-6-10(2)12(8-11)13(9-16-3)14(15)17-4/h6-9H,5H2,1-4H3/b13-9+. The van der Waals surface area contributed by atoms with Crippen LogP contribution in [0, 0.1) is 6.92 Å². The molecule has 0 amide bonds. The van der Waals surface area contributed by atoms with E-state index in [-0.39, 0.29) is 5.97 Å². The third-order valence-electron chi connectivity index (χ3n) is 2.64. The van der Waals surface area contributed by atoms with Gasteiger partial charge in [-0.05, 0) is 30.0 Å². The number of rotatable bonds is 4. The lowest BCUT2D eigenvalue weighted by Crippen LogP contribution is -2.06. The molecule has 0 aliphatic heterocycles. The van der Waals surface area contributed by atoms with Crippen LogP contribution in [0.2, 0.25) is 0 Å². The molecule has 0 bridgehead atoms. The van der Waals surface area contributed by atoms with E-state index in [9.17, 15) is 4.79 Å². The van der Waals surface area contributed by atoms with Crippen LogP contribution in [0.25, 0.3) is 5.57 Å². The second-order valence-electron chi connectivity index (χ2n) is 3.76. The number of ether oxygens (including phenoxy) is 2. The van der Waals surface area contributed by atoms with Crippen LogP contribution in [-0.2, 0) is 20.7 Å². The number of carbonyl (C=O) groups excluding carboxylic acids is 1. The largest absolute Gasteiger partial charge is 0.503 e. The molecule has 0 aliphatic rings. The second kappa shape index (κ2) is 6.09. The summed E-state index contributed by atoms with van der Waals surface area (Å²) in [6.07, 6.45) is 2.35. The highest BCUT2D eigenvalue weighted by molar-refractivity contribution is 6.16. The van der Waals surface area contributed by atoms with Crippen molar-refractivity contribution in [2.75, 3.05) is 14.2 Å². The van der Waals surface area contributed by atoms with Crippen LogP contribution in [0.3, 0.4) is 0 Å². The van der Waals surface area contributed by atoms with Gasteiger partial charge in [-0.3, -0.25) is 0 Å². The Kier molecular flexibility index (Phi) is 4.76. The first-order valence-corrected chi connectivity index (χ1v) is 5.55. The molecule has 0 aliphatic carbocycles. The first kappa shape index (κ1) is 13.3. The van der Waals surface area contributed by atoms with Gasteiger partial charge in [0.15, 0.2) is 0 Å². The second-order valence-corrected chi connectivity index (χ2v) is 3.76. The van der Waals surface area contributed by atoms with Gasteiger partial charge >= 0.3 is 5.97 Å². The highest BCUT2D eigenvalue weighted by Gasteiger charge is 2.15. The molecule has 0 fully saturated rings. The minimum atomic E-state index is -0.386. The summed E-state index contributed by atoms with van der Waals surface area (Å²) in [6.45, 7) is 4.04. The van der Waals surface area contributed by atoms with Crippen molar-refractivity contribution in [1.29, 1.82) is 0 Å². The molecule has 3 nitrogen and oxygen atoms in total. The molecule has 0 saturated heterocycles. The van der Waals surface area contributed by atoms with Crippen molar-refractivity contribution in [3.8, 4) is 0 Å². The van der Waals surface area contributed by atoms with Gasteiger partial charge in [-0.15, -0.1) is 0 Å². The summed E-state index contributed by atoms with van der Waals surface area (Å²) >= 11 is 0. The Hall–Kier alpha value is -1.77. The summed E-state index contributed by atoms with van der Waals surface area (Å²) in [5.74, 6) is -0.386. The maximum Gasteiger partial charge on any atom is 0.341 e. The van der Waals surface area contributed by atoms with E-state index in [0.717, 1.165) is 17.5 Å². The summed E-state index contributed by atoms with van der Waals surface area (Å²) in [6, 6.07) is 6.05. The van der Waals surface area contributed by atoms with Crippen molar-refractivity contribution >= 4 is 11.5 Å². The zero-order chi connectivity index (χ0) is 12.8. The summed E-state index contributed by atoms with van der Waals surface area (Å²) in [5, 5.41) is 0. The van der Waals surface area contributed by atoms with Crippen LogP contribution < -0.4 is 0 Å². The molecule has 92 valence electrons. The van der Waals surface area contributed by atoms with Crippen LogP contribution in [-0.4, -0.2) is 20.2 Å². The Balaban J connectivity index is 3.27. The minimum Gasteiger partial charge on any atom is -0.503 e. The molecule has 0 unspecified atom stereocenters. The smallest absolute Gasteiger partial charge is 0.341 e. The van der Waals surface area contributed by atoms with Crippen molar-refractivity contribution < 1.29 is 14.3 Å². The lowest BCUT2D eigenvalue weighted by molar-refractivity contribution is -0.133. The van der Waals surface area contributed by atoms with E-state index in [0.29, 0.717) is 5.57 Å². The number of benzene rings is 1. The van der Waals surface area contributed by atoms with Crippen LogP contribution in [0.1, 0.15) is 23.6 Å². The Morgan fingerprint density at radius 1 is 1.35 bits per heavy atom. The maximum absolute atomic E-state index is 11.7. The van der Waals surface area contributed by atoms with Gasteiger partial charge in [0.05, 0.1) is 20.5 Å². The predicted octanol–water partition coefficient (Wildman–Crippen LogP) is 2.72. The average Bonchev–Trinajstić information content (AvgIpc) is 2.36. The topological polar surface area (TPSA) is 35.5 Å². The fraction of sp³-hybridized carbons (Fsp3) is 0.357. The molecule has 0 N–H and O–H groups in total. The van der Waals surface area contributed by atoms with Gasteiger partial charge in [0.25, 0.3) is 0 Å². The third kappa shape index (κ3) is 3.09. The number of esters is 1. The molecule has 0 spiro atoms. The lowest BCUT2D eigenvalue weighted by atomic mass is 9.98. The zero-order valence-corrected chi connectivity index (χ0v) is 10.7. The number of hydrogen-bond acceptors (Lipinski definition) is 3. The van der Waals surface area contributed by atoms with E-state index in [4.69, 9.17) is 9.47 Å². The van der Waals surface area contributed by atoms with Gasteiger partial charge in [-0.1, -0.05) is 25.1 Å². The number of methoxy groups -OCH3 is 2. The Labute approximate surface area is 102 Å². The number of carbonyl (C=O) groups is 1. The van der Waals surface area contributed by atoms with E-state index in [1.807, 2.05) is 19.1 Å². The SMILES string of the molecule is CCc1ccc(C)c(/C(=C\OC)C(=O)OC)c1. The molecular weight excluding hydrogens is 216 g/mol. The number of hydrogen-bond donors (Lipinski definition) is 0. The van der Waals surface area contributed by atoms with Gasteiger partial charge in [-0.25, -0.2) is 4.79 Å². The summed E-state index contributed by atoms with van der Waals surface area (Å²) in [7, 11) is 2.88. The average molecular weight is 234 g/mol. The molecule has 3 heteroatoms. The fourth-order valence-corrected chi connectivity index (χ4v) is 1.63. The van der Waals surface area contributed by atoms with Crippen LogP contribution in [0.15, 0.2) is 24.5 Å². The van der Waals surface area contributed by atoms with Crippen LogP contribution in [0.4, 0.5) is 0 Å². The summed E-state index contributed by atoms with van der Waals surface area (Å²) in [5.41, 5.74) is 3.51. The van der Waals surface area contributed by atoms with Gasteiger partial charge in [0.2, 0.25) is 0 Å². The van der Waals surface area contributed by atoms with Gasteiger partial charge in [-0.2, -0.15) is 0 Å². The van der Waals surface area contributed by atoms with Crippen molar-refractivity contribution in [2.45, 2.75) is 20.3 Å². The van der Waals surface area contributed by atoms with Crippen molar-refractivity contribution in [1.82, 2.24) is 0 Å². The van der Waals surface area contributed by atoms with E-state index in [1.165, 1.54) is 26.0 Å². The van der Waals surface area contributed by atoms with Gasteiger partial charge in [0.1, 0.15) is 5.57 Å². The van der Waals surface area contributed by atoms with E-state index < -0.39 is 0 Å². The molecule has 0 atom stereocenters. The molecule has 1 rings (SSSR count). The molecular formula is C14H18O3. The van der Waals surface area contributed by atoms with Gasteiger partial charge < -0.3 is 9.47 Å². The monoisotopic (exact) mass is 234 g/mol. The minimum absolute atomic E-state index is 0.386. The molecule has 1 aromatic rings. The van der Waals surface area contributed by atoms with E-state index in [1.54, 1.807) is 0 Å². The predicted molar refractivity (Wildman–Crippen MR) is 67.6 cm³/mol. The zero-order valence-electron chi connectivity index (χ0n) is 10.7. The molecule has 0 heterocycles. The van der Waals surface area contributed by atoms with Crippen LogP contribution in [0.5, 0.6) is 0 Å². The molecule has 0 saturated carbocycles. The molecule has 17 heavy (non-hydrogen) atoms. The normalized spacial score (nSPS) is 11.2. The molecule has 1 aromatic carbocycles. The van der Waals surface area contributed by atoms with Crippen molar-refractivity contribution in [3.63, 3.8) is 0 Å². The quantitative estimate of drug-likeness (QED) is 0.456. The Morgan fingerprint density at radius 2 is 2.06 bits per heavy atom. The highest BCUT2D eigenvalue weighted by Crippen LogP contribution is 2.22. The third-order valence-corrected chi connectivity index (χ3v) is 2.64. The van der Waals surface area contributed by atoms with Crippen LogP contribution >= 0.6 is 0 Å². The summed E-state index contributed by atoms with van der Waals surface area (Å²) < 4.78 is 9.71. The van der Waals surface area contributed by atoms with Crippen molar-refractivity contribution in [2.24, 2.45) is 0 Å². The summed E-state index contributed by atoms with van der Waals surface area (Å²) in [4.78, 5) is 11.7. The Morgan fingerprint density at radius 3 is 2.59 bits per heavy atom. The molecule has 0 radical (unpaired) electrons. The van der Waals surface area contributed by atoms with E-state index >= 15 is 0 Å². The van der Waals surface area contributed by atoms with Gasteiger partial charge in [0, 0.05) is 0 Å². The fourth-order valence-electron chi connectivity index (χ4n) is 1.63. The van der Waals surface area contributed by atoms with E-state index in [2.05, 4.69) is 13.0 Å². The number of aryl methyl sites for hydroxylation is 2. The Bertz CT molecular complexity index is 433. The first-order chi connectivity index (χ1) is 8.13. The van der Waals surface area contributed by atoms with Crippen molar-refractivity contribution in [3.05, 3.63) is 41.2 Å². The first-order valence-electron chi connectivity index (χ1n) is 5.55. The maximum atomic E-state index is 11.7. The molecule has 0 aromatic heterocycles.